The Morgan fingerprint density at radius 2 is 1.74 bits per heavy atom. The third-order valence-electron chi connectivity index (χ3n) is 5.60. The fraction of sp³-hybridized carbons (Fsp3) is 0.240. The lowest BCUT2D eigenvalue weighted by molar-refractivity contribution is -0.136. The standard InChI is InChI=1S/C25H24F3N5O2/c26-25(27,28)20-7-1-2-8-21(20)32-24(35)31-18-9-10-22(33-12-3-4-13-33)19(14-18)23(34)30-16-17-6-5-11-29-15-17/h1-2,5-11,14-15H,3-4,12-13,16H2,(H,30,34)(H2,31,32,35). The number of nitrogens with zero attached hydrogens (tertiary/aromatic N) is 2. The van der Waals surface area contributed by atoms with Crippen LogP contribution in [0, 0.1) is 0 Å². The Labute approximate surface area is 200 Å². The number of benzene rings is 2. The molecule has 2 aromatic carbocycles. The van der Waals surface area contributed by atoms with E-state index in [2.05, 4.69) is 25.8 Å². The first-order valence-electron chi connectivity index (χ1n) is 11.1. The lowest BCUT2D eigenvalue weighted by Gasteiger charge is -2.22. The minimum absolute atomic E-state index is 0.276. The molecule has 182 valence electrons. The highest BCUT2D eigenvalue weighted by Gasteiger charge is 2.33. The van der Waals surface area contributed by atoms with Crippen molar-refractivity contribution in [2.24, 2.45) is 0 Å². The molecule has 3 amide bonds. The number of nitrogens with one attached hydrogen (secondary N) is 3. The number of pyridine rings is 1. The number of hydrogen-bond donors (Lipinski definition) is 3. The van der Waals surface area contributed by atoms with Crippen molar-refractivity contribution in [1.82, 2.24) is 10.3 Å². The normalized spacial score (nSPS) is 13.4. The Hall–Kier alpha value is -4.08. The molecule has 1 fully saturated rings. The number of urea groups is 1. The Balaban J connectivity index is 1.52. The first-order valence-corrected chi connectivity index (χ1v) is 11.1. The molecule has 4 rings (SSSR count). The van der Waals surface area contributed by atoms with Gasteiger partial charge in [0.2, 0.25) is 0 Å². The number of amides is 3. The minimum atomic E-state index is -4.61. The molecule has 3 aromatic rings. The van der Waals surface area contributed by atoms with Crippen molar-refractivity contribution in [1.29, 1.82) is 0 Å². The molecule has 10 heteroatoms. The maximum Gasteiger partial charge on any atom is 0.418 e. The van der Waals surface area contributed by atoms with Crippen molar-refractivity contribution in [3.05, 3.63) is 83.7 Å². The summed E-state index contributed by atoms with van der Waals surface area (Å²) in [6, 6.07) is 12.4. The maximum atomic E-state index is 13.2. The van der Waals surface area contributed by atoms with Gasteiger partial charge in [-0.1, -0.05) is 18.2 Å². The maximum absolute atomic E-state index is 13.2. The van der Waals surface area contributed by atoms with Gasteiger partial charge in [-0.25, -0.2) is 4.79 Å². The topological polar surface area (TPSA) is 86.4 Å². The van der Waals surface area contributed by atoms with Gasteiger partial charge in [0.25, 0.3) is 5.91 Å². The molecule has 0 saturated carbocycles. The molecule has 0 unspecified atom stereocenters. The van der Waals surface area contributed by atoms with Crippen molar-refractivity contribution >= 4 is 29.0 Å². The zero-order valence-corrected chi connectivity index (χ0v) is 18.7. The van der Waals surface area contributed by atoms with Gasteiger partial charge in [-0.3, -0.25) is 9.78 Å². The molecule has 0 aliphatic carbocycles. The van der Waals surface area contributed by atoms with E-state index in [9.17, 15) is 22.8 Å². The van der Waals surface area contributed by atoms with Crippen LogP contribution in [-0.2, 0) is 12.7 Å². The van der Waals surface area contributed by atoms with Gasteiger partial charge in [0, 0.05) is 43.4 Å². The predicted molar refractivity (Wildman–Crippen MR) is 127 cm³/mol. The zero-order valence-electron chi connectivity index (χ0n) is 18.7. The van der Waals surface area contributed by atoms with Gasteiger partial charge < -0.3 is 20.9 Å². The van der Waals surface area contributed by atoms with Gasteiger partial charge in [-0.2, -0.15) is 13.2 Å². The highest BCUT2D eigenvalue weighted by Crippen LogP contribution is 2.34. The third kappa shape index (κ3) is 6.08. The molecular formula is C25H24F3N5O2. The molecule has 0 atom stereocenters. The van der Waals surface area contributed by atoms with Gasteiger partial charge in [0.15, 0.2) is 0 Å². The zero-order chi connectivity index (χ0) is 24.8. The smallest absolute Gasteiger partial charge is 0.371 e. The quantitative estimate of drug-likeness (QED) is 0.446. The Morgan fingerprint density at radius 3 is 2.46 bits per heavy atom. The number of aromatic nitrogens is 1. The molecule has 1 saturated heterocycles. The minimum Gasteiger partial charge on any atom is -0.371 e. The summed E-state index contributed by atoms with van der Waals surface area (Å²) >= 11 is 0. The van der Waals surface area contributed by atoms with Gasteiger partial charge in [0.1, 0.15) is 0 Å². The van der Waals surface area contributed by atoms with Gasteiger partial charge >= 0.3 is 12.2 Å². The van der Waals surface area contributed by atoms with Crippen LogP contribution in [-0.4, -0.2) is 30.0 Å². The highest BCUT2D eigenvalue weighted by molar-refractivity contribution is 6.04. The Kier molecular flexibility index (Phi) is 7.19. The first kappa shape index (κ1) is 24.1. The second kappa shape index (κ2) is 10.5. The average Bonchev–Trinajstić information content (AvgIpc) is 3.37. The van der Waals surface area contributed by atoms with Crippen LogP contribution < -0.4 is 20.9 Å². The van der Waals surface area contributed by atoms with Crippen LogP contribution in [0.1, 0.15) is 34.3 Å². The summed E-state index contributed by atoms with van der Waals surface area (Å²) in [5, 5.41) is 7.64. The number of alkyl halides is 3. The fourth-order valence-corrected chi connectivity index (χ4v) is 3.93. The largest absolute Gasteiger partial charge is 0.418 e. The lowest BCUT2D eigenvalue weighted by atomic mass is 10.1. The number of carbonyl (C=O) groups is 2. The van der Waals surface area contributed by atoms with E-state index in [1.165, 1.54) is 24.3 Å². The van der Waals surface area contributed by atoms with Crippen LogP contribution in [0.2, 0.25) is 0 Å². The molecule has 2 heterocycles. The second-order valence-electron chi connectivity index (χ2n) is 8.09. The van der Waals surface area contributed by atoms with E-state index in [-0.39, 0.29) is 23.8 Å². The van der Waals surface area contributed by atoms with Crippen molar-refractivity contribution in [2.45, 2.75) is 25.6 Å². The summed E-state index contributed by atoms with van der Waals surface area (Å²) in [5.41, 5.74) is 0.904. The molecule has 1 aliphatic heterocycles. The van der Waals surface area contributed by atoms with E-state index in [0.717, 1.165) is 43.2 Å². The summed E-state index contributed by atoms with van der Waals surface area (Å²) in [5.74, 6) is -0.331. The number of carbonyl (C=O) groups excluding carboxylic acids is 2. The Morgan fingerprint density at radius 1 is 0.971 bits per heavy atom. The van der Waals surface area contributed by atoms with Crippen LogP contribution in [0.15, 0.2) is 67.0 Å². The molecule has 0 spiro atoms. The number of para-hydroxylation sites is 1. The average molecular weight is 483 g/mol. The molecule has 0 bridgehead atoms. The van der Waals surface area contributed by atoms with Crippen LogP contribution >= 0.6 is 0 Å². The van der Waals surface area contributed by atoms with Gasteiger partial charge in [-0.15, -0.1) is 0 Å². The first-order chi connectivity index (χ1) is 16.8. The summed E-state index contributed by atoms with van der Waals surface area (Å²) < 4.78 is 39.7. The van der Waals surface area contributed by atoms with Crippen molar-refractivity contribution < 1.29 is 22.8 Å². The van der Waals surface area contributed by atoms with E-state index in [4.69, 9.17) is 0 Å². The molecule has 3 N–H and O–H groups in total. The van der Waals surface area contributed by atoms with Crippen LogP contribution in [0.3, 0.4) is 0 Å². The molecular weight excluding hydrogens is 459 g/mol. The highest BCUT2D eigenvalue weighted by atomic mass is 19.4. The lowest BCUT2D eigenvalue weighted by Crippen LogP contribution is -2.28. The fourth-order valence-electron chi connectivity index (χ4n) is 3.93. The molecule has 35 heavy (non-hydrogen) atoms. The number of hydrogen-bond acceptors (Lipinski definition) is 4. The number of rotatable bonds is 6. The van der Waals surface area contributed by atoms with E-state index >= 15 is 0 Å². The van der Waals surface area contributed by atoms with Crippen molar-refractivity contribution in [2.75, 3.05) is 28.6 Å². The number of anilines is 3. The SMILES string of the molecule is O=C(Nc1ccc(N2CCCC2)c(C(=O)NCc2cccnc2)c1)Nc1ccccc1C(F)(F)F. The summed E-state index contributed by atoms with van der Waals surface area (Å²) in [6.07, 6.45) is 0.711. The monoisotopic (exact) mass is 483 g/mol. The Bertz CT molecular complexity index is 1200. The summed E-state index contributed by atoms with van der Waals surface area (Å²) in [7, 11) is 0. The molecule has 7 nitrogen and oxygen atoms in total. The van der Waals surface area contributed by atoms with E-state index < -0.39 is 17.8 Å². The van der Waals surface area contributed by atoms with Gasteiger partial charge in [-0.05, 0) is 54.8 Å². The van der Waals surface area contributed by atoms with Gasteiger partial charge in [0.05, 0.1) is 16.8 Å². The van der Waals surface area contributed by atoms with E-state index in [1.54, 1.807) is 30.6 Å². The van der Waals surface area contributed by atoms with Crippen LogP contribution in [0.5, 0.6) is 0 Å². The van der Waals surface area contributed by atoms with Crippen molar-refractivity contribution in [3.63, 3.8) is 0 Å². The van der Waals surface area contributed by atoms with E-state index in [0.29, 0.717) is 5.56 Å². The molecule has 0 radical (unpaired) electrons. The second-order valence-corrected chi connectivity index (χ2v) is 8.09. The molecule has 1 aliphatic rings. The number of halogens is 3. The summed E-state index contributed by atoms with van der Waals surface area (Å²) in [6.45, 7) is 1.90. The van der Waals surface area contributed by atoms with E-state index in [1.807, 2.05) is 6.07 Å². The predicted octanol–water partition coefficient (Wildman–Crippen LogP) is 5.27. The van der Waals surface area contributed by atoms with Crippen molar-refractivity contribution in [3.8, 4) is 0 Å². The summed E-state index contributed by atoms with van der Waals surface area (Å²) in [4.78, 5) is 31.7. The van der Waals surface area contributed by atoms with Crippen LogP contribution in [0.25, 0.3) is 0 Å². The third-order valence-corrected chi connectivity index (χ3v) is 5.60. The molecule has 1 aromatic heterocycles. The van der Waals surface area contributed by atoms with Crippen LogP contribution in [0.4, 0.5) is 35.0 Å².